The summed E-state index contributed by atoms with van der Waals surface area (Å²) in [5.74, 6) is 1.03. The van der Waals surface area contributed by atoms with Crippen molar-refractivity contribution in [2.45, 2.75) is 26.8 Å². The van der Waals surface area contributed by atoms with Crippen LogP contribution in [0.25, 0.3) is 5.69 Å². The van der Waals surface area contributed by atoms with E-state index in [1.54, 1.807) is 36.4 Å². The highest BCUT2D eigenvalue weighted by molar-refractivity contribution is 5.79. The van der Waals surface area contributed by atoms with Crippen molar-refractivity contribution in [2.24, 2.45) is 10.9 Å². The van der Waals surface area contributed by atoms with Gasteiger partial charge in [-0.3, -0.25) is 4.99 Å². The Balaban J connectivity index is 1.75. The van der Waals surface area contributed by atoms with Gasteiger partial charge in [-0.25, -0.2) is 9.37 Å². The number of rotatable bonds is 9. The number of aromatic nitrogens is 2. The Hall–Kier alpha value is -2.41. The molecule has 1 aromatic carbocycles. The van der Waals surface area contributed by atoms with Gasteiger partial charge in [-0.2, -0.15) is 0 Å². The molecule has 0 bridgehead atoms. The number of guanidine groups is 1. The summed E-state index contributed by atoms with van der Waals surface area (Å²) < 4.78 is 21.5. The van der Waals surface area contributed by atoms with Crippen LogP contribution < -0.4 is 10.6 Å². The molecule has 7 heteroatoms. The summed E-state index contributed by atoms with van der Waals surface area (Å²) in [5, 5.41) is 6.36. The zero-order valence-corrected chi connectivity index (χ0v) is 15.7. The van der Waals surface area contributed by atoms with Crippen molar-refractivity contribution >= 4 is 5.96 Å². The smallest absolute Gasteiger partial charge is 0.191 e. The topological polar surface area (TPSA) is 63.5 Å². The van der Waals surface area contributed by atoms with Crippen LogP contribution in [0.5, 0.6) is 0 Å². The van der Waals surface area contributed by atoms with Gasteiger partial charge < -0.3 is 19.9 Å². The second-order valence-corrected chi connectivity index (χ2v) is 6.40. The highest BCUT2D eigenvalue weighted by Crippen LogP contribution is 2.14. The van der Waals surface area contributed by atoms with Crippen LogP contribution in [0.4, 0.5) is 4.39 Å². The first-order valence-electron chi connectivity index (χ1n) is 8.89. The summed E-state index contributed by atoms with van der Waals surface area (Å²) in [6.45, 7) is 6.91. The Morgan fingerprint density at radius 2 is 2.15 bits per heavy atom. The maximum absolute atomic E-state index is 14.3. The summed E-state index contributed by atoms with van der Waals surface area (Å²) in [6, 6.07) is 5.14. The van der Waals surface area contributed by atoms with Gasteiger partial charge in [0, 0.05) is 39.1 Å². The lowest BCUT2D eigenvalue weighted by Crippen LogP contribution is -2.38. The van der Waals surface area contributed by atoms with Gasteiger partial charge in [0.15, 0.2) is 5.96 Å². The summed E-state index contributed by atoms with van der Waals surface area (Å²) in [6.07, 6.45) is 5.97. The Morgan fingerprint density at radius 3 is 2.81 bits per heavy atom. The summed E-state index contributed by atoms with van der Waals surface area (Å²) in [5.41, 5.74) is 1.31. The van der Waals surface area contributed by atoms with Gasteiger partial charge in [0.1, 0.15) is 5.82 Å². The lowest BCUT2D eigenvalue weighted by molar-refractivity contribution is 0.128. The monoisotopic (exact) mass is 361 g/mol. The molecule has 0 aliphatic rings. The summed E-state index contributed by atoms with van der Waals surface area (Å²) >= 11 is 0. The molecule has 26 heavy (non-hydrogen) atoms. The first-order chi connectivity index (χ1) is 12.6. The SMILES string of the molecule is CN=C(NCCOCCC(C)C)NCc1ccc(-n2ccnc2)c(F)c1. The van der Waals surface area contributed by atoms with Gasteiger partial charge in [0.25, 0.3) is 0 Å². The molecule has 6 nitrogen and oxygen atoms in total. The fourth-order valence-electron chi connectivity index (χ4n) is 2.34. The Kier molecular flexibility index (Phi) is 8.08. The molecule has 0 aliphatic heterocycles. The van der Waals surface area contributed by atoms with Gasteiger partial charge in [-0.1, -0.05) is 19.9 Å². The summed E-state index contributed by atoms with van der Waals surface area (Å²) in [7, 11) is 1.71. The van der Waals surface area contributed by atoms with Crippen molar-refractivity contribution in [1.82, 2.24) is 20.2 Å². The molecule has 0 unspecified atom stereocenters. The van der Waals surface area contributed by atoms with E-state index < -0.39 is 0 Å². The molecule has 0 radical (unpaired) electrons. The number of hydrogen-bond donors (Lipinski definition) is 2. The van der Waals surface area contributed by atoms with Gasteiger partial charge in [-0.05, 0) is 30.0 Å². The average molecular weight is 361 g/mol. The molecule has 0 saturated carbocycles. The largest absolute Gasteiger partial charge is 0.380 e. The Bertz CT molecular complexity index is 685. The number of benzene rings is 1. The molecule has 0 saturated heterocycles. The van der Waals surface area contributed by atoms with Crippen molar-refractivity contribution < 1.29 is 9.13 Å². The van der Waals surface area contributed by atoms with E-state index in [0.717, 1.165) is 18.6 Å². The van der Waals surface area contributed by atoms with Crippen molar-refractivity contribution in [3.63, 3.8) is 0 Å². The zero-order valence-electron chi connectivity index (χ0n) is 15.7. The second kappa shape index (κ2) is 10.6. The predicted molar refractivity (Wildman–Crippen MR) is 102 cm³/mol. The van der Waals surface area contributed by atoms with Crippen LogP contribution in [0.2, 0.25) is 0 Å². The third-order valence-corrected chi connectivity index (χ3v) is 3.86. The zero-order chi connectivity index (χ0) is 18.8. The van der Waals surface area contributed by atoms with Crippen LogP contribution in [0.1, 0.15) is 25.8 Å². The third kappa shape index (κ3) is 6.48. The van der Waals surface area contributed by atoms with Crippen LogP contribution in [0.3, 0.4) is 0 Å². The van der Waals surface area contributed by atoms with Gasteiger partial charge >= 0.3 is 0 Å². The minimum atomic E-state index is -0.288. The van der Waals surface area contributed by atoms with Crippen molar-refractivity contribution in [2.75, 3.05) is 26.8 Å². The number of nitrogens with one attached hydrogen (secondary N) is 2. The van der Waals surface area contributed by atoms with E-state index in [4.69, 9.17) is 4.74 Å². The molecule has 0 atom stereocenters. The molecule has 2 rings (SSSR count). The van der Waals surface area contributed by atoms with Crippen LogP contribution in [-0.4, -0.2) is 42.3 Å². The normalized spacial score (nSPS) is 11.8. The predicted octanol–water partition coefficient (Wildman–Crippen LogP) is 2.74. The lowest BCUT2D eigenvalue weighted by atomic mass is 10.1. The Morgan fingerprint density at radius 1 is 1.31 bits per heavy atom. The van der Waals surface area contributed by atoms with Gasteiger partial charge in [0.05, 0.1) is 18.6 Å². The molecule has 0 amide bonds. The quantitative estimate of drug-likeness (QED) is 0.410. The van der Waals surface area contributed by atoms with E-state index in [1.807, 2.05) is 6.07 Å². The fourth-order valence-corrected chi connectivity index (χ4v) is 2.34. The van der Waals surface area contributed by atoms with E-state index >= 15 is 0 Å². The van der Waals surface area contributed by atoms with Crippen LogP contribution in [0.15, 0.2) is 41.9 Å². The highest BCUT2D eigenvalue weighted by Gasteiger charge is 2.06. The lowest BCUT2D eigenvalue weighted by Gasteiger charge is -2.13. The van der Waals surface area contributed by atoms with E-state index in [-0.39, 0.29) is 5.82 Å². The number of hydrogen-bond acceptors (Lipinski definition) is 3. The minimum absolute atomic E-state index is 0.288. The molecule has 1 aromatic heterocycles. The van der Waals surface area contributed by atoms with E-state index in [0.29, 0.717) is 37.3 Å². The van der Waals surface area contributed by atoms with Crippen LogP contribution >= 0.6 is 0 Å². The first-order valence-corrected chi connectivity index (χ1v) is 8.89. The Labute approximate surface area is 154 Å². The van der Waals surface area contributed by atoms with Crippen LogP contribution in [-0.2, 0) is 11.3 Å². The molecule has 2 aromatic rings. The van der Waals surface area contributed by atoms with E-state index in [2.05, 4.69) is 34.5 Å². The van der Waals surface area contributed by atoms with E-state index in [9.17, 15) is 4.39 Å². The number of aliphatic imine (C=N–C) groups is 1. The molecule has 0 fully saturated rings. The fraction of sp³-hybridized carbons (Fsp3) is 0.474. The third-order valence-electron chi connectivity index (χ3n) is 3.86. The van der Waals surface area contributed by atoms with Crippen molar-refractivity contribution in [3.05, 3.63) is 48.3 Å². The summed E-state index contributed by atoms with van der Waals surface area (Å²) in [4.78, 5) is 8.10. The van der Waals surface area contributed by atoms with Crippen molar-refractivity contribution in [3.8, 4) is 5.69 Å². The van der Waals surface area contributed by atoms with E-state index in [1.165, 1.54) is 6.07 Å². The first kappa shape index (κ1) is 19.9. The minimum Gasteiger partial charge on any atom is -0.380 e. The maximum Gasteiger partial charge on any atom is 0.191 e. The molecule has 2 N–H and O–H groups in total. The van der Waals surface area contributed by atoms with Crippen LogP contribution in [0, 0.1) is 11.7 Å². The molecular weight excluding hydrogens is 333 g/mol. The molecular formula is C19H28FN5O. The van der Waals surface area contributed by atoms with Gasteiger partial charge in [-0.15, -0.1) is 0 Å². The molecule has 0 spiro atoms. The molecule has 0 aliphatic carbocycles. The average Bonchev–Trinajstić information content (AvgIpc) is 3.14. The highest BCUT2D eigenvalue weighted by atomic mass is 19.1. The number of imidazole rings is 1. The molecule has 1 heterocycles. The molecule has 142 valence electrons. The second-order valence-electron chi connectivity index (χ2n) is 6.40. The van der Waals surface area contributed by atoms with Gasteiger partial charge in [0.2, 0.25) is 0 Å². The number of ether oxygens (including phenoxy) is 1. The number of nitrogens with zero attached hydrogens (tertiary/aromatic N) is 3. The standard InChI is InChI=1S/C19H28FN5O/c1-15(2)6-10-26-11-8-23-19(21-3)24-13-16-4-5-18(17(20)12-16)25-9-7-22-14-25/h4-5,7,9,12,14-15H,6,8,10-11,13H2,1-3H3,(H2,21,23,24). The van der Waals surface area contributed by atoms with Crippen molar-refractivity contribution in [1.29, 1.82) is 0 Å². The maximum atomic E-state index is 14.3. The number of halogens is 1.